The number of oxazole rings is 1. The molecule has 1 aliphatic heterocycles. The second kappa shape index (κ2) is 8.55. The molecule has 1 aromatic heterocycles. The van der Waals surface area contributed by atoms with Gasteiger partial charge in [0.05, 0.1) is 19.4 Å². The monoisotopic (exact) mass is 396 g/mol. The number of aliphatic hydroxyl groups is 1. The van der Waals surface area contributed by atoms with Gasteiger partial charge >= 0.3 is 0 Å². The second-order valence-electron chi connectivity index (χ2n) is 6.85. The van der Waals surface area contributed by atoms with E-state index >= 15 is 0 Å². The van der Waals surface area contributed by atoms with Crippen LogP contribution in [0.3, 0.4) is 0 Å². The van der Waals surface area contributed by atoms with Crippen molar-refractivity contribution in [1.29, 1.82) is 0 Å². The molecule has 29 heavy (non-hydrogen) atoms. The summed E-state index contributed by atoms with van der Waals surface area (Å²) in [5, 5.41) is 9.47. The molecule has 0 saturated carbocycles. The van der Waals surface area contributed by atoms with Crippen LogP contribution in [0.5, 0.6) is 17.2 Å². The van der Waals surface area contributed by atoms with Gasteiger partial charge in [0.2, 0.25) is 18.4 Å². The fraction of sp³-hybridized carbons (Fsp3) is 0.318. The molecule has 0 fully saturated rings. The van der Waals surface area contributed by atoms with Crippen LogP contribution in [-0.2, 0) is 13.1 Å². The number of methoxy groups -OCH3 is 1. The predicted octanol–water partition coefficient (Wildman–Crippen LogP) is 3.38. The van der Waals surface area contributed by atoms with Crippen LogP contribution in [0.15, 0.2) is 46.9 Å². The summed E-state index contributed by atoms with van der Waals surface area (Å²) in [6.07, 6.45) is 0. The number of hydrogen-bond acceptors (Lipinski definition) is 7. The van der Waals surface area contributed by atoms with Crippen LogP contribution in [0.4, 0.5) is 0 Å². The summed E-state index contributed by atoms with van der Waals surface area (Å²) < 4.78 is 22.3. The van der Waals surface area contributed by atoms with Gasteiger partial charge in [-0.25, -0.2) is 4.98 Å². The van der Waals surface area contributed by atoms with Gasteiger partial charge in [-0.05, 0) is 24.6 Å². The van der Waals surface area contributed by atoms with Gasteiger partial charge in [0.15, 0.2) is 11.5 Å². The highest BCUT2D eigenvalue weighted by Crippen LogP contribution is 2.44. The van der Waals surface area contributed by atoms with Crippen molar-refractivity contribution in [2.45, 2.75) is 20.0 Å². The van der Waals surface area contributed by atoms with E-state index in [1.807, 2.05) is 37.3 Å². The van der Waals surface area contributed by atoms with Gasteiger partial charge in [-0.2, -0.15) is 0 Å². The predicted molar refractivity (Wildman–Crippen MR) is 107 cm³/mol. The summed E-state index contributed by atoms with van der Waals surface area (Å²) in [6.45, 7) is 3.99. The lowest BCUT2D eigenvalue weighted by molar-refractivity contribution is 0.171. The van der Waals surface area contributed by atoms with Crippen LogP contribution in [0.2, 0.25) is 0 Å². The molecule has 2 heterocycles. The molecule has 1 aliphatic rings. The van der Waals surface area contributed by atoms with Crippen molar-refractivity contribution in [1.82, 2.24) is 9.88 Å². The van der Waals surface area contributed by atoms with Gasteiger partial charge in [-0.3, -0.25) is 4.90 Å². The highest BCUT2D eigenvalue weighted by molar-refractivity contribution is 5.66. The van der Waals surface area contributed by atoms with E-state index < -0.39 is 0 Å². The van der Waals surface area contributed by atoms with Gasteiger partial charge in [-0.1, -0.05) is 30.3 Å². The van der Waals surface area contributed by atoms with E-state index in [0.29, 0.717) is 36.2 Å². The molecule has 0 unspecified atom stereocenters. The SMILES string of the molecule is COc1cc(-c2nc(CN(CCO)Cc3ccccc3)c(C)o2)cc2c1OCO2. The van der Waals surface area contributed by atoms with Crippen LogP contribution in [0.1, 0.15) is 17.0 Å². The number of nitrogens with zero attached hydrogens (tertiary/aromatic N) is 2. The molecule has 152 valence electrons. The molecule has 0 bridgehead atoms. The van der Waals surface area contributed by atoms with E-state index in [2.05, 4.69) is 17.0 Å². The molecular weight excluding hydrogens is 372 g/mol. The maximum Gasteiger partial charge on any atom is 0.231 e. The van der Waals surface area contributed by atoms with Crippen LogP contribution in [0, 0.1) is 6.92 Å². The molecule has 0 radical (unpaired) electrons. The number of fused-ring (bicyclic) bond motifs is 1. The minimum atomic E-state index is 0.0793. The lowest BCUT2D eigenvalue weighted by atomic mass is 10.2. The average molecular weight is 396 g/mol. The van der Waals surface area contributed by atoms with E-state index in [1.54, 1.807) is 7.11 Å². The molecule has 0 aliphatic carbocycles. The summed E-state index contributed by atoms with van der Waals surface area (Å²) in [5.74, 6) is 3.03. The molecule has 0 saturated heterocycles. The third-order valence-corrected chi connectivity index (χ3v) is 4.84. The van der Waals surface area contributed by atoms with Crippen molar-refractivity contribution in [3.8, 4) is 28.7 Å². The Hall–Kier alpha value is -3.03. The van der Waals surface area contributed by atoms with E-state index in [-0.39, 0.29) is 13.4 Å². The fourth-order valence-corrected chi connectivity index (χ4v) is 3.36. The molecule has 2 aromatic carbocycles. The highest BCUT2D eigenvalue weighted by Gasteiger charge is 2.23. The van der Waals surface area contributed by atoms with Crippen LogP contribution < -0.4 is 14.2 Å². The second-order valence-corrected chi connectivity index (χ2v) is 6.85. The van der Waals surface area contributed by atoms with E-state index in [1.165, 1.54) is 5.56 Å². The van der Waals surface area contributed by atoms with Crippen LogP contribution in [0.25, 0.3) is 11.5 Å². The first-order valence-corrected chi connectivity index (χ1v) is 9.49. The zero-order valence-corrected chi connectivity index (χ0v) is 16.6. The molecule has 0 atom stereocenters. The Kier molecular flexibility index (Phi) is 5.69. The first-order valence-electron chi connectivity index (χ1n) is 9.49. The Balaban J connectivity index is 1.57. The topological polar surface area (TPSA) is 77.2 Å². The van der Waals surface area contributed by atoms with Crippen LogP contribution >= 0.6 is 0 Å². The Labute approximate surface area is 169 Å². The lowest BCUT2D eigenvalue weighted by Crippen LogP contribution is -2.26. The Bertz CT molecular complexity index is 971. The summed E-state index contributed by atoms with van der Waals surface area (Å²) >= 11 is 0. The van der Waals surface area contributed by atoms with Crippen molar-refractivity contribution in [2.75, 3.05) is 27.1 Å². The van der Waals surface area contributed by atoms with E-state index in [4.69, 9.17) is 23.6 Å². The van der Waals surface area contributed by atoms with Crippen molar-refractivity contribution in [3.63, 3.8) is 0 Å². The average Bonchev–Trinajstić information content (AvgIpc) is 3.35. The molecule has 3 aromatic rings. The van der Waals surface area contributed by atoms with Crippen molar-refractivity contribution in [2.24, 2.45) is 0 Å². The standard InChI is InChI=1S/C22H24N2O5/c1-15-18(13-24(8-9-25)12-16-6-4-3-5-7-16)23-22(29-15)17-10-19(26-2)21-20(11-17)27-14-28-21/h3-7,10-11,25H,8-9,12-14H2,1-2H3. The Morgan fingerprint density at radius 3 is 2.72 bits per heavy atom. The number of rotatable bonds is 8. The molecule has 7 nitrogen and oxygen atoms in total. The zero-order valence-electron chi connectivity index (χ0n) is 16.6. The quantitative estimate of drug-likeness (QED) is 0.625. The normalized spacial score (nSPS) is 12.6. The number of aryl methyl sites for hydroxylation is 1. The molecule has 0 amide bonds. The zero-order chi connectivity index (χ0) is 20.2. The molecule has 4 rings (SSSR count). The van der Waals surface area contributed by atoms with Crippen LogP contribution in [-0.4, -0.2) is 42.0 Å². The summed E-state index contributed by atoms with van der Waals surface area (Å²) in [5.41, 5.74) is 2.78. The van der Waals surface area contributed by atoms with E-state index in [0.717, 1.165) is 23.6 Å². The fourth-order valence-electron chi connectivity index (χ4n) is 3.36. The molecule has 7 heteroatoms. The Morgan fingerprint density at radius 2 is 1.97 bits per heavy atom. The Morgan fingerprint density at radius 1 is 1.14 bits per heavy atom. The third kappa shape index (κ3) is 4.21. The molecule has 1 N–H and O–H groups in total. The summed E-state index contributed by atoms with van der Waals surface area (Å²) in [6, 6.07) is 13.8. The number of ether oxygens (including phenoxy) is 3. The first kappa shape index (κ1) is 19.3. The maximum atomic E-state index is 9.47. The van der Waals surface area contributed by atoms with Gasteiger partial charge in [-0.15, -0.1) is 0 Å². The van der Waals surface area contributed by atoms with E-state index in [9.17, 15) is 5.11 Å². The van der Waals surface area contributed by atoms with Crippen molar-refractivity contribution >= 4 is 0 Å². The minimum absolute atomic E-state index is 0.0793. The maximum absolute atomic E-state index is 9.47. The molecular formula is C22H24N2O5. The third-order valence-electron chi connectivity index (χ3n) is 4.84. The molecule has 0 spiro atoms. The van der Waals surface area contributed by atoms with Crippen molar-refractivity contribution < 1.29 is 23.7 Å². The first-order chi connectivity index (χ1) is 14.2. The number of aliphatic hydroxyl groups excluding tert-OH is 1. The smallest absolute Gasteiger partial charge is 0.231 e. The van der Waals surface area contributed by atoms with Crippen molar-refractivity contribution in [3.05, 3.63) is 59.5 Å². The van der Waals surface area contributed by atoms with Gasteiger partial charge in [0, 0.05) is 25.2 Å². The number of benzene rings is 2. The summed E-state index contributed by atoms with van der Waals surface area (Å²) in [4.78, 5) is 6.85. The highest BCUT2D eigenvalue weighted by atomic mass is 16.7. The number of hydrogen-bond donors (Lipinski definition) is 1. The van der Waals surface area contributed by atoms with Gasteiger partial charge < -0.3 is 23.7 Å². The minimum Gasteiger partial charge on any atom is -0.493 e. The number of aromatic nitrogens is 1. The largest absolute Gasteiger partial charge is 0.493 e. The van der Waals surface area contributed by atoms with Gasteiger partial charge in [0.1, 0.15) is 5.76 Å². The summed E-state index contributed by atoms with van der Waals surface area (Å²) in [7, 11) is 1.59. The lowest BCUT2D eigenvalue weighted by Gasteiger charge is -2.20. The van der Waals surface area contributed by atoms with Gasteiger partial charge in [0.25, 0.3) is 0 Å².